The van der Waals surface area contributed by atoms with Gasteiger partial charge in [0.25, 0.3) is 0 Å². The van der Waals surface area contributed by atoms with Gasteiger partial charge in [-0.1, -0.05) is 103 Å². The molecule has 0 aliphatic rings. The van der Waals surface area contributed by atoms with E-state index in [0.717, 1.165) is 11.4 Å². The lowest BCUT2D eigenvalue weighted by Crippen LogP contribution is -2.00. The maximum absolute atomic E-state index is 4.31. The first kappa shape index (κ1) is 23.4. The highest BCUT2D eigenvalue weighted by Gasteiger charge is 1.95. The summed E-state index contributed by atoms with van der Waals surface area (Å²) in [6.07, 6.45) is 22.8. The van der Waals surface area contributed by atoms with E-state index in [0.29, 0.717) is 0 Å². The molecule has 0 heterocycles. The van der Waals surface area contributed by atoms with Gasteiger partial charge in [-0.05, 0) is 30.7 Å². The van der Waals surface area contributed by atoms with Crippen molar-refractivity contribution in [3.05, 3.63) is 24.3 Å². The molecule has 0 amide bonds. The number of hydrogen-bond donors (Lipinski definition) is 2. The Balaban J connectivity index is 1.72. The molecule has 0 aromatic heterocycles. The van der Waals surface area contributed by atoms with E-state index in [1.54, 1.807) is 0 Å². The zero-order valence-corrected chi connectivity index (χ0v) is 18.2. The summed E-state index contributed by atoms with van der Waals surface area (Å²) in [6, 6.07) is 8.29. The fourth-order valence-electron chi connectivity index (χ4n) is 3.49. The van der Waals surface area contributed by atoms with Gasteiger partial charge in [0, 0.05) is 17.1 Å². The predicted molar refractivity (Wildman–Crippen MR) is 122 cm³/mol. The summed E-state index contributed by atoms with van der Waals surface area (Å²) in [5.41, 5.74) is 1.21. The van der Waals surface area contributed by atoms with Crippen LogP contribution in [0.5, 0.6) is 0 Å². The van der Waals surface area contributed by atoms with Gasteiger partial charge in [-0.2, -0.15) is 0 Å². The maximum atomic E-state index is 4.31. The molecule has 1 aromatic carbocycles. The third-order valence-corrected chi connectivity index (χ3v) is 5.52. The molecule has 0 aliphatic heterocycles. The van der Waals surface area contributed by atoms with Gasteiger partial charge >= 0.3 is 0 Å². The molecule has 1 aromatic rings. The van der Waals surface area contributed by atoms with Crippen LogP contribution < -0.4 is 5.32 Å². The van der Waals surface area contributed by atoms with Crippen LogP contribution >= 0.6 is 12.6 Å². The van der Waals surface area contributed by atoms with E-state index >= 15 is 0 Å². The predicted octanol–water partition coefficient (Wildman–Crippen LogP) is 8.65. The van der Waals surface area contributed by atoms with Crippen LogP contribution in [0.25, 0.3) is 0 Å². The summed E-state index contributed by atoms with van der Waals surface area (Å²) >= 11 is 4.31. The number of unbranched alkanes of at least 4 members (excludes halogenated alkanes) is 15. The van der Waals surface area contributed by atoms with Crippen LogP contribution in [0.2, 0.25) is 0 Å². The zero-order valence-electron chi connectivity index (χ0n) is 17.3. The molecule has 0 unspecified atom stereocenters. The Morgan fingerprint density at radius 2 is 0.962 bits per heavy atom. The zero-order chi connectivity index (χ0) is 18.7. The van der Waals surface area contributed by atoms with Crippen molar-refractivity contribution in [1.82, 2.24) is 0 Å². The second-order valence-corrected chi connectivity index (χ2v) is 8.29. The highest BCUT2D eigenvalue weighted by atomic mass is 32.1. The first-order chi connectivity index (χ1) is 12.8. The number of thiol groups is 1. The van der Waals surface area contributed by atoms with Crippen molar-refractivity contribution in [2.45, 2.75) is 115 Å². The van der Waals surface area contributed by atoms with Gasteiger partial charge in [-0.25, -0.2) is 0 Å². The van der Waals surface area contributed by atoms with Crippen LogP contribution in [0.15, 0.2) is 29.2 Å². The minimum Gasteiger partial charge on any atom is -0.385 e. The Labute approximate surface area is 169 Å². The van der Waals surface area contributed by atoms with E-state index in [-0.39, 0.29) is 0 Å². The molecular weight excluding hydrogens is 334 g/mol. The Kier molecular flexibility index (Phi) is 16.0. The molecule has 150 valence electrons. The highest BCUT2D eigenvalue weighted by molar-refractivity contribution is 7.80. The van der Waals surface area contributed by atoms with Crippen molar-refractivity contribution in [2.75, 3.05) is 11.9 Å². The third-order valence-electron chi connectivity index (χ3n) is 5.23. The van der Waals surface area contributed by atoms with E-state index in [1.165, 1.54) is 108 Å². The lowest BCUT2D eigenvalue weighted by atomic mass is 10.0. The molecule has 1 nitrogen and oxygen atoms in total. The summed E-state index contributed by atoms with van der Waals surface area (Å²) < 4.78 is 0. The molecule has 0 bridgehead atoms. The monoisotopic (exact) mass is 377 g/mol. The summed E-state index contributed by atoms with van der Waals surface area (Å²) in [6.45, 7) is 3.38. The summed E-state index contributed by atoms with van der Waals surface area (Å²) in [5, 5.41) is 3.49. The van der Waals surface area contributed by atoms with Crippen LogP contribution in [-0.2, 0) is 0 Å². The second-order valence-electron chi connectivity index (χ2n) is 7.78. The lowest BCUT2D eigenvalue weighted by Gasteiger charge is -2.06. The van der Waals surface area contributed by atoms with Crippen molar-refractivity contribution < 1.29 is 0 Å². The quantitative estimate of drug-likeness (QED) is 0.193. The van der Waals surface area contributed by atoms with Crippen molar-refractivity contribution in [2.24, 2.45) is 0 Å². The van der Waals surface area contributed by atoms with Crippen molar-refractivity contribution in [1.29, 1.82) is 0 Å². The number of anilines is 1. The van der Waals surface area contributed by atoms with Crippen molar-refractivity contribution in [3.63, 3.8) is 0 Å². The normalized spacial score (nSPS) is 11.0. The second kappa shape index (κ2) is 17.8. The first-order valence-electron chi connectivity index (χ1n) is 11.4. The van der Waals surface area contributed by atoms with Gasteiger partial charge in [-0.3, -0.25) is 0 Å². The number of hydrogen-bond acceptors (Lipinski definition) is 2. The van der Waals surface area contributed by atoms with E-state index in [9.17, 15) is 0 Å². The largest absolute Gasteiger partial charge is 0.385 e. The van der Waals surface area contributed by atoms with E-state index in [2.05, 4.69) is 37.0 Å². The van der Waals surface area contributed by atoms with Crippen LogP contribution in [0, 0.1) is 0 Å². The Morgan fingerprint density at radius 1 is 0.577 bits per heavy atom. The molecule has 26 heavy (non-hydrogen) atoms. The molecule has 0 saturated heterocycles. The third kappa shape index (κ3) is 14.5. The van der Waals surface area contributed by atoms with Crippen LogP contribution in [0.4, 0.5) is 5.69 Å². The average Bonchev–Trinajstić information content (AvgIpc) is 2.66. The fraction of sp³-hybridized carbons (Fsp3) is 0.750. The molecule has 0 radical (unpaired) electrons. The van der Waals surface area contributed by atoms with Crippen LogP contribution in [-0.4, -0.2) is 6.54 Å². The summed E-state index contributed by atoms with van der Waals surface area (Å²) in [5.74, 6) is 0. The smallest absolute Gasteiger partial charge is 0.0340 e. The van der Waals surface area contributed by atoms with Gasteiger partial charge in [0.2, 0.25) is 0 Å². The molecular formula is C24H43NS. The highest BCUT2D eigenvalue weighted by Crippen LogP contribution is 2.14. The molecule has 0 atom stereocenters. The van der Waals surface area contributed by atoms with E-state index in [1.807, 2.05) is 12.1 Å². The topological polar surface area (TPSA) is 12.0 Å². The van der Waals surface area contributed by atoms with Crippen molar-refractivity contribution >= 4 is 18.3 Å². The van der Waals surface area contributed by atoms with Crippen LogP contribution in [0.1, 0.15) is 110 Å². The molecule has 0 spiro atoms. The van der Waals surface area contributed by atoms with Gasteiger partial charge in [-0.15, -0.1) is 12.6 Å². The molecule has 2 heteroatoms. The van der Waals surface area contributed by atoms with Gasteiger partial charge in [0.1, 0.15) is 0 Å². The van der Waals surface area contributed by atoms with Gasteiger partial charge in [0.05, 0.1) is 0 Å². The molecule has 1 rings (SSSR count). The minimum atomic E-state index is 1.03. The van der Waals surface area contributed by atoms with E-state index in [4.69, 9.17) is 0 Å². The SMILES string of the molecule is CCCCCCCCCCCCCCCCCCNc1ccc(S)cc1. The lowest BCUT2D eigenvalue weighted by molar-refractivity contribution is 0.530. The number of nitrogens with one attached hydrogen (secondary N) is 1. The minimum absolute atomic E-state index is 1.03. The number of rotatable bonds is 18. The Bertz CT molecular complexity index is 401. The molecule has 1 N–H and O–H groups in total. The standard InChI is InChI=1S/C24H43NS/c1-2-3-4-5-6-7-8-9-10-11-12-13-14-15-16-17-22-25-23-18-20-24(26)21-19-23/h18-21,25-26H,2-17,22H2,1H3. The molecule has 0 aliphatic carbocycles. The Morgan fingerprint density at radius 3 is 1.38 bits per heavy atom. The summed E-state index contributed by atoms with van der Waals surface area (Å²) in [7, 11) is 0. The maximum Gasteiger partial charge on any atom is 0.0340 e. The number of benzene rings is 1. The Hall–Kier alpha value is -0.630. The van der Waals surface area contributed by atoms with Gasteiger partial charge < -0.3 is 5.32 Å². The fourth-order valence-corrected chi connectivity index (χ4v) is 3.63. The average molecular weight is 378 g/mol. The first-order valence-corrected chi connectivity index (χ1v) is 11.8. The molecule has 0 fully saturated rings. The molecule has 0 saturated carbocycles. The van der Waals surface area contributed by atoms with Crippen LogP contribution in [0.3, 0.4) is 0 Å². The van der Waals surface area contributed by atoms with Gasteiger partial charge in [0.15, 0.2) is 0 Å². The van der Waals surface area contributed by atoms with E-state index < -0.39 is 0 Å². The summed E-state index contributed by atoms with van der Waals surface area (Å²) in [4.78, 5) is 1.03. The van der Waals surface area contributed by atoms with Crippen molar-refractivity contribution in [3.8, 4) is 0 Å².